The third-order valence-corrected chi connectivity index (χ3v) is 4.81. The van der Waals surface area contributed by atoms with Crippen molar-refractivity contribution in [2.45, 2.75) is 12.8 Å². The standard InChI is InChI=1S/C18H15Cl3N2O2/c19-12-3-1-4-14(9-12)23(11-22-8-2-5-17(22)24)18(25)15-10-13(20)6-7-16(15)21/h1,3-4,6-7,9-10H,2,5,8,11H2. The van der Waals surface area contributed by atoms with Crippen LogP contribution in [0.3, 0.4) is 0 Å². The summed E-state index contributed by atoms with van der Waals surface area (Å²) in [4.78, 5) is 28.3. The summed E-state index contributed by atoms with van der Waals surface area (Å²) in [6.07, 6.45) is 1.28. The van der Waals surface area contributed by atoms with Gasteiger partial charge in [0.15, 0.2) is 0 Å². The van der Waals surface area contributed by atoms with Crippen molar-refractivity contribution >= 4 is 52.3 Å². The lowest BCUT2D eigenvalue weighted by Gasteiger charge is -2.28. The third-order valence-electron chi connectivity index (χ3n) is 4.01. The number of carbonyl (C=O) groups is 2. The van der Waals surface area contributed by atoms with Crippen LogP contribution in [0, 0.1) is 0 Å². The number of likely N-dealkylation sites (tertiary alicyclic amines) is 1. The maximum absolute atomic E-state index is 13.1. The Morgan fingerprint density at radius 3 is 2.52 bits per heavy atom. The van der Waals surface area contributed by atoms with E-state index in [1.807, 2.05) is 0 Å². The highest BCUT2D eigenvalue weighted by molar-refractivity contribution is 6.36. The molecule has 4 nitrogen and oxygen atoms in total. The van der Waals surface area contributed by atoms with Gasteiger partial charge in [-0.15, -0.1) is 0 Å². The van der Waals surface area contributed by atoms with Gasteiger partial charge in [0.1, 0.15) is 6.67 Å². The van der Waals surface area contributed by atoms with Crippen molar-refractivity contribution in [1.29, 1.82) is 0 Å². The quantitative estimate of drug-likeness (QED) is 0.738. The molecule has 2 aromatic rings. The van der Waals surface area contributed by atoms with E-state index in [4.69, 9.17) is 34.8 Å². The summed E-state index contributed by atoms with van der Waals surface area (Å²) >= 11 is 18.3. The zero-order valence-corrected chi connectivity index (χ0v) is 15.5. The molecule has 0 aromatic heterocycles. The van der Waals surface area contributed by atoms with Gasteiger partial charge in [0.25, 0.3) is 5.91 Å². The fourth-order valence-electron chi connectivity index (χ4n) is 2.74. The molecule has 0 radical (unpaired) electrons. The Balaban J connectivity index is 1.99. The summed E-state index contributed by atoms with van der Waals surface area (Å²) < 4.78 is 0. The van der Waals surface area contributed by atoms with Crippen molar-refractivity contribution in [2.24, 2.45) is 0 Å². The Labute approximate surface area is 160 Å². The second-order valence-electron chi connectivity index (χ2n) is 5.74. The maximum atomic E-state index is 13.1. The number of anilines is 1. The smallest absolute Gasteiger partial charge is 0.261 e. The largest absolute Gasteiger partial charge is 0.324 e. The summed E-state index contributed by atoms with van der Waals surface area (Å²) in [7, 11) is 0. The SMILES string of the molecule is O=C1CCCN1CN(C(=O)c1cc(Cl)ccc1Cl)c1cccc(Cl)c1. The average molecular weight is 398 g/mol. The number of benzene rings is 2. The van der Waals surface area contributed by atoms with E-state index in [9.17, 15) is 9.59 Å². The highest BCUT2D eigenvalue weighted by atomic mass is 35.5. The van der Waals surface area contributed by atoms with Crippen LogP contribution in [0.4, 0.5) is 5.69 Å². The number of hydrogen-bond donors (Lipinski definition) is 0. The van der Waals surface area contributed by atoms with E-state index in [1.165, 1.54) is 11.0 Å². The van der Waals surface area contributed by atoms with Crippen molar-refractivity contribution in [3.63, 3.8) is 0 Å². The van der Waals surface area contributed by atoms with E-state index in [-0.39, 0.29) is 24.0 Å². The minimum atomic E-state index is -0.338. The zero-order chi connectivity index (χ0) is 18.0. The molecule has 1 saturated heterocycles. The number of hydrogen-bond acceptors (Lipinski definition) is 2. The van der Waals surface area contributed by atoms with Crippen LogP contribution in [-0.4, -0.2) is 29.9 Å². The summed E-state index contributed by atoms with van der Waals surface area (Å²) in [5.41, 5.74) is 0.869. The highest BCUT2D eigenvalue weighted by Gasteiger charge is 2.27. The lowest BCUT2D eigenvalue weighted by Crippen LogP contribution is -2.42. The van der Waals surface area contributed by atoms with Crippen LogP contribution in [0.5, 0.6) is 0 Å². The molecule has 0 unspecified atom stereocenters. The first-order chi connectivity index (χ1) is 12.0. The number of nitrogens with zero attached hydrogens (tertiary/aromatic N) is 2. The maximum Gasteiger partial charge on any atom is 0.261 e. The summed E-state index contributed by atoms with van der Waals surface area (Å²) in [5.74, 6) is -0.313. The molecule has 1 heterocycles. The molecular weight excluding hydrogens is 383 g/mol. The molecule has 0 saturated carbocycles. The van der Waals surface area contributed by atoms with Crippen LogP contribution in [0.1, 0.15) is 23.2 Å². The van der Waals surface area contributed by atoms with E-state index < -0.39 is 0 Å². The third kappa shape index (κ3) is 4.09. The van der Waals surface area contributed by atoms with Gasteiger partial charge in [-0.25, -0.2) is 0 Å². The lowest BCUT2D eigenvalue weighted by molar-refractivity contribution is -0.127. The highest BCUT2D eigenvalue weighted by Crippen LogP contribution is 2.27. The van der Waals surface area contributed by atoms with Crippen LogP contribution in [-0.2, 0) is 4.79 Å². The van der Waals surface area contributed by atoms with Crippen LogP contribution in [0.15, 0.2) is 42.5 Å². The fraction of sp³-hybridized carbons (Fsp3) is 0.222. The second-order valence-corrected chi connectivity index (χ2v) is 7.02. The molecule has 0 bridgehead atoms. The molecule has 3 rings (SSSR count). The van der Waals surface area contributed by atoms with Crippen molar-refractivity contribution in [1.82, 2.24) is 4.90 Å². The fourth-order valence-corrected chi connectivity index (χ4v) is 3.29. The van der Waals surface area contributed by atoms with Crippen molar-refractivity contribution in [3.05, 3.63) is 63.1 Å². The first kappa shape index (κ1) is 18.1. The van der Waals surface area contributed by atoms with Gasteiger partial charge in [-0.05, 0) is 42.8 Å². The van der Waals surface area contributed by atoms with Gasteiger partial charge in [-0.1, -0.05) is 40.9 Å². The molecular formula is C18H15Cl3N2O2. The van der Waals surface area contributed by atoms with Crippen molar-refractivity contribution < 1.29 is 9.59 Å². The molecule has 1 aliphatic heterocycles. The zero-order valence-electron chi connectivity index (χ0n) is 13.2. The number of carbonyl (C=O) groups excluding carboxylic acids is 2. The molecule has 7 heteroatoms. The summed E-state index contributed by atoms with van der Waals surface area (Å²) in [6.45, 7) is 0.757. The van der Waals surface area contributed by atoms with E-state index in [1.54, 1.807) is 41.3 Å². The molecule has 0 aliphatic carbocycles. The normalized spacial score (nSPS) is 14.0. The van der Waals surface area contributed by atoms with Crippen LogP contribution in [0.25, 0.3) is 0 Å². The van der Waals surface area contributed by atoms with Crippen LogP contribution in [0.2, 0.25) is 15.1 Å². The second kappa shape index (κ2) is 7.65. The molecule has 0 atom stereocenters. The number of rotatable bonds is 4. The van der Waals surface area contributed by atoms with Gasteiger partial charge < -0.3 is 4.90 Å². The molecule has 2 amide bonds. The van der Waals surface area contributed by atoms with E-state index >= 15 is 0 Å². The van der Waals surface area contributed by atoms with Crippen LogP contribution >= 0.6 is 34.8 Å². The summed E-state index contributed by atoms with van der Waals surface area (Å²) in [5, 5.41) is 1.21. The first-order valence-corrected chi connectivity index (χ1v) is 8.89. The molecule has 130 valence electrons. The van der Waals surface area contributed by atoms with E-state index in [0.717, 1.165) is 6.42 Å². The van der Waals surface area contributed by atoms with E-state index in [2.05, 4.69) is 0 Å². The summed E-state index contributed by atoms with van der Waals surface area (Å²) in [6, 6.07) is 11.6. The Morgan fingerprint density at radius 2 is 1.84 bits per heavy atom. The van der Waals surface area contributed by atoms with Gasteiger partial charge in [0.2, 0.25) is 5.91 Å². The molecule has 25 heavy (non-hydrogen) atoms. The predicted molar refractivity (Wildman–Crippen MR) is 101 cm³/mol. The van der Waals surface area contributed by atoms with Gasteiger partial charge in [0.05, 0.1) is 10.6 Å². The van der Waals surface area contributed by atoms with Crippen LogP contribution < -0.4 is 4.90 Å². The lowest BCUT2D eigenvalue weighted by atomic mass is 10.2. The molecule has 0 N–H and O–H groups in total. The predicted octanol–water partition coefficient (Wildman–Crippen LogP) is 4.87. The van der Waals surface area contributed by atoms with Gasteiger partial charge in [-0.3, -0.25) is 14.5 Å². The molecule has 2 aromatic carbocycles. The monoisotopic (exact) mass is 396 g/mol. The molecule has 1 fully saturated rings. The minimum absolute atomic E-state index is 0.0250. The number of halogens is 3. The molecule has 0 spiro atoms. The minimum Gasteiger partial charge on any atom is -0.324 e. The Hall–Kier alpha value is -1.75. The number of amides is 2. The van der Waals surface area contributed by atoms with Gasteiger partial charge in [-0.2, -0.15) is 0 Å². The molecule has 1 aliphatic rings. The Kier molecular flexibility index (Phi) is 5.52. The first-order valence-electron chi connectivity index (χ1n) is 7.76. The van der Waals surface area contributed by atoms with Crippen molar-refractivity contribution in [3.8, 4) is 0 Å². The Bertz CT molecular complexity index is 826. The average Bonchev–Trinajstić information content (AvgIpc) is 2.99. The van der Waals surface area contributed by atoms with Crippen molar-refractivity contribution in [2.75, 3.05) is 18.1 Å². The van der Waals surface area contributed by atoms with Gasteiger partial charge in [0, 0.05) is 28.7 Å². The van der Waals surface area contributed by atoms with Gasteiger partial charge >= 0.3 is 0 Å². The van der Waals surface area contributed by atoms with E-state index in [0.29, 0.717) is 33.7 Å². The Morgan fingerprint density at radius 1 is 1.08 bits per heavy atom. The topological polar surface area (TPSA) is 40.6 Å².